The molecule has 0 fully saturated rings. The van der Waals surface area contributed by atoms with E-state index in [1.165, 1.54) is 0 Å². The molecule has 0 aromatic heterocycles. The van der Waals surface area contributed by atoms with Gasteiger partial charge in [-0.25, -0.2) is 0 Å². The van der Waals surface area contributed by atoms with Crippen molar-refractivity contribution in [2.45, 2.75) is 20.3 Å². The van der Waals surface area contributed by atoms with Gasteiger partial charge in [-0.3, -0.25) is 9.59 Å². The van der Waals surface area contributed by atoms with Crippen molar-refractivity contribution in [2.24, 2.45) is 0 Å². The fourth-order valence-electron chi connectivity index (χ4n) is 0. The van der Waals surface area contributed by atoms with Crippen molar-refractivity contribution < 1.29 is 19.8 Å². The van der Waals surface area contributed by atoms with E-state index in [0.29, 0.717) is 0 Å². The van der Waals surface area contributed by atoms with Gasteiger partial charge in [-0.2, -0.15) is 0 Å². The fourth-order valence-corrected chi connectivity index (χ4v) is 0. The Morgan fingerprint density at radius 2 is 1.40 bits per heavy atom. The molecule has 0 atom stereocenters. The van der Waals surface area contributed by atoms with Crippen molar-refractivity contribution in [1.29, 1.82) is 0 Å². The molecule has 4 nitrogen and oxygen atoms in total. The number of hydrogen-bond acceptors (Lipinski definition) is 2. The monoisotopic (exact) mass is 176 g/mol. The molecule has 0 aromatic rings. The SMILES string of the molecule is CC(=O)O.CCC(=O)O.[CaH2]. The topological polar surface area (TPSA) is 74.6 Å². The van der Waals surface area contributed by atoms with Gasteiger partial charge in [0.2, 0.25) is 0 Å². The molecule has 10 heavy (non-hydrogen) atoms. The molecule has 0 aromatic carbocycles. The van der Waals surface area contributed by atoms with E-state index in [9.17, 15) is 4.79 Å². The van der Waals surface area contributed by atoms with Gasteiger partial charge < -0.3 is 10.2 Å². The molecule has 0 radical (unpaired) electrons. The van der Waals surface area contributed by atoms with E-state index in [0.717, 1.165) is 6.92 Å². The van der Waals surface area contributed by atoms with Crippen LogP contribution in [0.4, 0.5) is 0 Å². The van der Waals surface area contributed by atoms with Crippen molar-refractivity contribution in [1.82, 2.24) is 0 Å². The Morgan fingerprint density at radius 1 is 1.30 bits per heavy atom. The standard InChI is InChI=1S/C3H6O2.C2H4O2.Ca.2H/c1-2-3(4)5;1-2(3)4;;;/h2H2,1H3,(H,4,5);1H3,(H,3,4);;;. The Hall–Kier alpha value is 0.200. The summed E-state index contributed by atoms with van der Waals surface area (Å²) in [6.07, 6.45) is 0.222. The number of carboxylic acids is 2. The van der Waals surface area contributed by atoms with Crippen LogP contribution >= 0.6 is 0 Å². The van der Waals surface area contributed by atoms with Crippen LogP contribution in [0, 0.1) is 0 Å². The van der Waals surface area contributed by atoms with Gasteiger partial charge in [-0.15, -0.1) is 0 Å². The van der Waals surface area contributed by atoms with Gasteiger partial charge in [0, 0.05) is 13.3 Å². The molecule has 0 heterocycles. The average Bonchev–Trinajstić information content (AvgIpc) is 1.65. The molecular formula is C5H12CaO4. The Balaban J connectivity index is -0.0000000910. The second-order valence-electron chi connectivity index (χ2n) is 1.27. The molecule has 0 aliphatic carbocycles. The van der Waals surface area contributed by atoms with Crippen molar-refractivity contribution in [2.75, 3.05) is 0 Å². The number of carboxylic acid groups (broad SMARTS) is 2. The summed E-state index contributed by atoms with van der Waals surface area (Å²) < 4.78 is 0. The first-order valence-corrected chi connectivity index (χ1v) is 2.42. The van der Waals surface area contributed by atoms with Crippen LogP contribution in [0.2, 0.25) is 0 Å². The quantitative estimate of drug-likeness (QED) is 0.536. The first-order valence-electron chi connectivity index (χ1n) is 2.42. The Bertz CT molecular complexity index is 97.8. The molecule has 0 aliphatic heterocycles. The zero-order chi connectivity index (χ0) is 7.86. The van der Waals surface area contributed by atoms with Gasteiger partial charge >= 0.3 is 43.7 Å². The minimum atomic E-state index is -0.833. The summed E-state index contributed by atoms with van der Waals surface area (Å²) in [4.78, 5) is 18.4. The van der Waals surface area contributed by atoms with Gasteiger partial charge in [0.05, 0.1) is 0 Å². The molecule has 5 heteroatoms. The first-order chi connectivity index (χ1) is 4.00. The summed E-state index contributed by atoms with van der Waals surface area (Å²) in [5.74, 6) is -1.58. The molecule has 2 N–H and O–H groups in total. The number of carbonyl (C=O) groups is 2. The molecule has 58 valence electrons. The van der Waals surface area contributed by atoms with Crippen molar-refractivity contribution >= 4 is 49.7 Å². The van der Waals surface area contributed by atoms with Crippen molar-refractivity contribution in [3.05, 3.63) is 0 Å². The van der Waals surface area contributed by atoms with Gasteiger partial charge in [-0.1, -0.05) is 6.92 Å². The molecule has 0 bridgehead atoms. The molecule has 0 spiro atoms. The molecule has 0 amide bonds. The molecule has 0 unspecified atom stereocenters. The van der Waals surface area contributed by atoms with Crippen LogP contribution in [-0.2, 0) is 9.59 Å². The summed E-state index contributed by atoms with van der Waals surface area (Å²) >= 11 is 0. The molecule has 0 saturated carbocycles. The first kappa shape index (κ1) is 16.7. The number of hydrogen-bond donors (Lipinski definition) is 2. The van der Waals surface area contributed by atoms with Crippen LogP contribution in [0.15, 0.2) is 0 Å². The zero-order valence-corrected chi connectivity index (χ0v) is 5.42. The van der Waals surface area contributed by atoms with E-state index in [-0.39, 0.29) is 44.2 Å². The van der Waals surface area contributed by atoms with E-state index in [1.807, 2.05) is 0 Å². The third-order valence-corrected chi connectivity index (χ3v) is 0.302. The second-order valence-corrected chi connectivity index (χ2v) is 1.27. The van der Waals surface area contributed by atoms with Crippen LogP contribution in [-0.4, -0.2) is 59.9 Å². The van der Waals surface area contributed by atoms with E-state index in [1.54, 1.807) is 6.92 Å². The van der Waals surface area contributed by atoms with Crippen LogP contribution in [0.25, 0.3) is 0 Å². The number of aliphatic carboxylic acids is 2. The predicted molar refractivity (Wildman–Crippen MR) is 39.8 cm³/mol. The van der Waals surface area contributed by atoms with Crippen molar-refractivity contribution in [3.63, 3.8) is 0 Å². The maximum atomic E-state index is 9.37. The zero-order valence-electron chi connectivity index (χ0n) is 5.42. The van der Waals surface area contributed by atoms with Gasteiger partial charge in [-0.05, 0) is 0 Å². The summed E-state index contributed by atoms with van der Waals surface area (Å²) in [7, 11) is 0. The average molecular weight is 176 g/mol. The number of rotatable bonds is 1. The van der Waals surface area contributed by atoms with Gasteiger partial charge in [0.15, 0.2) is 0 Å². The maximum absolute atomic E-state index is 9.37. The molecule has 0 saturated heterocycles. The predicted octanol–water partition coefficient (Wildman–Crippen LogP) is -0.344. The Kier molecular flexibility index (Phi) is 19.9. The van der Waals surface area contributed by atoms with Crippen LogP contribution in [0.1, 0.15) is 20.3 Å². The van der Waals surface area contributed by atoms with Crippen molar-refractivity contribution in [3.8, 4) is 0 Å². The second kappa shape index (κ2) is 11.9. The summed E-state index contributed by atoms with van der Waals surface area (Å²) in [6, 6.07) is 0. The van der Waals surface area contributed by atoms with Crippen LogP contribution in [0.3, 0.4) is 0 Å². The van der Waals surface area contributed by atoms with E-state index < -0.39 is 11.9 Å². The van der Waals surface area contributed by atoms with E-state index >= 15 is 0 Å². The Morgan fingerprint density at radius 3 is 1.40 bits per heavy atom. The minimum absolute atomic E-state index is 0. The summed E-state index contributed by atoms with van der Waals surface area (Å²) in [6.45, 7) is 2.68. The van der Waals surface area contributed by atoms with Gasteiger partial charge in [0.25, 0.3) is 5.97 Å². The third-order valence-electron chi connectivity index (χ3n) is 0.302. The normalized spacial score (nSPS) is 6.20. The van der Waals surface area contributed by atoms with Crippen LogP contribution in [0.5, 0.6) is 0 Å². The third kappa shape index (κ3) is 87.8. The Labute approximate surface area is 89.2 Å². The fraction of sp³-hybridized carbons (Fsp3) is 0.600. The van der Waals surface area contributed by atoms with Crippen LogP contribution < -0.4 is 0 Å². The van der Waals surface area contributed by atoms with E-state index in [2.05, 4.69) is 0 Å². The summed E-state index contributed by atoms with van der Waals surface area (Å²) in [5.41, 5.74) is 0. The molecule has 0 aliphatic rings. The summed E-state index contributed by atoms with van der Waals surface area (Å²) in [5, 5.41) is 15.1. The van der Waals surface area contributed by atoms with E-state index in [4.69, 9.17) is 15.0 Å². The van der Waals surface area contributed by atoms with Gasteiger partial charge in [0.1, 0.15) is 0 Å². The molecule has 0 rings (SSSR count). The molecular weight excluding hydrogens is 164 g/mol.